The second-order valence-electron chi connectivity index (χ2n) is 5.80. The Morgan fingerprint density at radius 2 is 1.92 bits per heavy atom. The van der Waals surface area contributed by atoms with Crippen molar-refractivity contribution in [2.75, 3.05) is 7.11 Å². The van der Waals surface area contributed by atoms with E-state index in [1.807, 2.05) is 42.6 Å². The summed E-state index contributed by atoms with van der Waals surface area (Å²) >= 11 is 0. The number of ether oxygens (including phenoxy) is 1. The molecule has 0 atom stereocenters. The summed E-state index contributed by atoms with van der Waals surface area (Å²) in [6.45, 7) is 1.96. The fourth-order valence-electron chi connectivity index (χ4n) is 2.90. The molecule has 0 aliphatic heterocycles. The molecule has 0 spiro atoms. The van der Waals surface area contributed by atoms with Gasteiger partial charge in [0.05, 0.1) is 18.2 Å². The van der Waals surface area contributed by atoms with E-state index < -0.39 is 12.8 Å². The van der Waals surface area contributed by atoms with Crippen LogP contribution in [0.15, 0.2) is 48.7 Å². The van der Waals surface area contributed by atoms with Crippen molar-refractivity contribution in [3.8, 4) is 5.75 Å². The highest BCUT2D eigenvalue weighted by molar-refractivity contribution is 6.64. The molecule has 0 saturated carbocycles. The normalized spacial score (nSPS) is 10.8. The molecule has 2 aromatic carbocycles. The number of benzene rings is 2. The zero-order chi connectivity index (χ0) is 17.3. The average molecular weight is 322 g/mol. The van der Waals surface area contributed by atoms with Crippen LogP contribution in [0.4, 0.5) is 0 Å². The van der Waals surface area contributed by atoms with E-state index in [4.69, 9.17) is 10.5 Å². The van der Waals surface area contributed by atoms with Crippen LogP contribution in [0.5, 0.6) is 5.75 Å². The van der Waals surface area contributed by atoms with E-state index in [1.165, 1.54) is 7.11 Å². The van der Waals surface area contributed by atoms with E-state index >= 15 is 0 Å². The van der Waals surface area contributed by atoms with Crippen LogP contribution in [0.25, 0.3) is 10.9 Å². The number of primary amides is 1. The van der Waals surface area contributed by atoms with E-state index in [1.54, 1.807) is 12.9 Å². The third-order valence-electron chi connectivity index (χ3n) is 4.19. The number of methoxy groups -OCH3 is 1. The number of aromatic nitrogens is 1. The van der Waals surface area contributed by atoms with Crippen molar-refractivity contribution in [1.29, 1.82) is 0 Å². The van der Waals surface area contributed by atoms with Gasteiger partial charge in [0, 0.05) is 18.1 Å². The van der Waals surface area contributed by atoms with Gasteiger partial charge in [-0.2, -0.15) is 0 Å². The first kappa shape index (κ1) is 16.1. The van der Waals surface area contributed by atoms with Crippen molar-refractivity contribution in [3.63, 3.8) is 0 Å². The molecule has 0 aliphatic carbocycles. The minimum atomic E-state index is -0.504. The summed E-state index contributed by atoms with van der Waals surface area (Å²) < 4.78 is 7.47. The first-order valence-corrected chi connectivity index (χ1v) is 7.74. The van der Waals surface area contributed by atoms with Crippen LogP contribution >= 0.6 is 0 Å². The molecule has 0 saturated heterocycles. The van der Waals surface area contributed by atoms with Gasteiger partial charge >= 0.3 is 6.92 Å². The molecule has 3 N–H and O–H groups in total. The van der Waals surface area contributed by atoms with Gasteiger partial charge in [-0.15, -0.1) is 0 Å². The largest absolute Gasteiger partial charge is 0.495 e. The fourth-order valence-corrected chi connectivity index (χ4v) is 2.90. The molecule has 3 aromatic rings. The number of carbonyl (C=O) groups excluding carboxylic acids is 1. The Balaban J connectivity index is 1.97. The summed E-state index contributed by atoms with van der Waals surface area (Å²) in [4.78, 5) is 11.5. The average Bonchev–Trinajstić information content (AvgIpc) is 2.97. The van der Waals surface area contributed by atoms with Crippen molar-refractivity contribution >= 4 is 29.2 Å². The zero-order valence-electron chi connectivity index (χ0n) is 13.7. The summed E-state index contributed by atoms with van der Waals surface area (Å²) in [6.07, 6.45) is 1.96. The molecule has 122 valence electrons. The van der Waals surface area contributed by atoms with Crippen LogP contribution in [0.1, 0.15) is 15.9 Å². The van der Waals surface area contributed by atoms with Gasteiger partial charge < -0.3 is 20.1 Å². The van der Waals surface area contributed by atoms with Gasteiger partial charge in [-0.05, 0) is 29.2 Å². The van der Waals surface area contributed by atoms with Gasteiger partial charge in [-0.1, -0.05) is 31.1 Å². The number of rotatable bonds is 5. The molecule has 3 rings (SSSR count). The number of nitrogens with two attached hydrogens (primary N) is 1. The van der Waals surface area contributed by atoms with Crippen LogP contribution in [0.3, 0.4) is 0 Å². The lowest BCUT2D eigenvalue weighted by Gasteiger charge is -2.10. The smallest absolute Gasteiger partial charge is 0.320 e. The van der Waals surface area contributed by atoms with E-state index in [0.29, 0.717) is 17.9 Å². The molecule has 0 fully saturated rings. The van der Waals surface area contributed by atoms with Crippen molar-refractivity contribution in [3.05, 3.63) is 59.8 Å². The van der Waals surface area contributed by atoms with Crippen LogP contribution < -0.4 is 15.9 Å². The Hall–Kier alpha value is -2.73. The SMILES string of the molecule is COc1c(C(N)=O)ccc2c1ccn2Cc1ccc(B(C)O)cc1. The summed E-state index contributed by atoms with van der Waals surface area (Å²) in [7, 11) is 1.54. The molecular weight excluding hydrogens is 303 g/mol. The minimum Gasteiger partial charge on any atom is -0.495 e. The molecule has 0 unspecified atom stereocenters. The molecular formula is C18H19BN2O3. The van der Waals surface area contributed by atoms with Gasteiger partial charge in [-0.3, -0.25) is 4.79 Å². The molecule has 0 bridgehead atoms. The van der Waals surface area contributed by atoms with Crippen LogP contribution in [-0.2, 0) is 6.54 Å². The lowest BCUT2D eigenvalue weighted by Crippen LogP contribution is -2.25. The van der Waals surface area contributed by atoms with Crippen molar-refractivity contribution in [2.45, 2.75) is 13.4 Å². The quantitative estimate of drug-likeness (QED) is 0.701. The van der Waals surface area contributed by atoms with Crippen molar-refractivity contribution in [2.24, 2.45) is 5.73 Å². The molecule has 6 heteroatoms. The third kappa shape index (κ3) is 2.88. The summed E-state index contributed by atoms with van der Waals surface area (Å²) in [5.74, 6) is -0.00147. The van der Waals surface area contributed by atoms with E-state index in [0.717, 1.165) is 21.9 Å². The second-order valence-corrected chi connectivity index (χ2v) is 5.80. The third-order valence-corrected chi connectivity index (χ3v) is 4.19. The molecule has 0 aliphatic rings. The predicted molar refractivity (Wildman–Crippen MR) is 96.0 cm³/mol. The summed E-state index contributed by atoms with van der Waals surface area (Å²) in [6, 6.07) is 13.4. The summed E-state index contributed by atoms with van der Waals surface area (Å²) in [5, 5.41) is 10.4. The molecule has 1 heterocycles. The van der Waals surface area contributed by atoms with Gasteiger partial charge in [0.2, 0.25) is 0 Å². The second kappa shape index (κ2) is 6.41. The number of fused-ring (bicyclic) bond motifs is 1. The maximum Gasteiger partial charge on any atom is 0.320 e. The molecule has 1 amide bonds. The predicted octanol–water partition coefficient (Wildman–Crippen LogP) is 1.62. The fraction of sp³-hybridized carbons (Fsp3) is 0.167. The highest BCUT2D eigenvalue weighted by Gasteiger charge is 2.15. The molecule has 0 radical (unpaired) electrons. The topological polar surface area (TPSA) is 77.5 Å². The van der Waals surface area contributed by atoms with Crippen molar-refractivity contribution in [1.82, 2.24) is 4.57 Å². The van der Waals surface area contributed by atoms with Crippen molar-refractivity contribution < 1.29 is 14.6 Å². The van der Waals surface area contributed by atoms with Gasteiger partial charge in [0.15, 0.2) is 0 Å². The number of carbonyl (C=O) groups is 1. The van der Waals surface area contributed by atoms with Crippen LogP contribution in [0.2, 0.25) is 6.82 Å². The maximum atomic E-state index is 11.5. The number of hydrogen-bond acceptors (Lipinski definition) is 3. The number of amides is 1. The Kier molecular flexibility index (Phi) is 4.31. The highest BCUT2D eigenvalue weighted by Crippen LogP contribution is 2.30. The monoisotopic (exact) mass is 322 g/mol. The Morgan fingerprint density at radius 3 is 2.50 bits per heavy atom. The van der Waals surface area contributed by atoms with E-state index in [2.05, 4.69) is 4.57 Å². The first-order valence-electron chi connectivity index (χ1n) is 7.74. The number of nitrogens with zero attached hydrogens (tertiary/aromatic N) is 1. The molecule has 24 heavy (non-hydrogen) atoms. The van der Waals surface area contributed by atoms with Crippen LogP contribution in [0, 0.1) is 0 Å². The number of hydrogen-bond donors (Lipinski definition) is 2. The zero-order valence-corrected chi connectivity index (χ0v) is 13.7. The molecule has 1 aromatic heterocycles. The minimum absolute atomic E-state index is 0.379. The van der Waals surface area contributed by atoms with E-state index in [9.17, 15) is 9.82 Å². The maximum absolute atomic E-state index is 11.5. The van der Waals surface area contributed by atoms with Crippen LogP contribution in [-0.4, -0.2) is 29.5 Å². The van der Waals surface area contributed by atoms with Gasteiger partial charge in [0.1, 0.15) is 5.75 Å². The Labute approximate surface area is 140 Å². The van der Waals surface area contributed by atoms with E-state index in [-0.39, 0.29) is 0 Å². The molecule has 5 nitrogen and oxygen atoms in total. The highest BCUT2D eigenvalue weighted by atomic mass is 16.5. The Morgan fingerprint density at radius 1 is 1.21 bits per heavy atom. The van der Waals surface area contributed by atoms with Gasteiger partial charge in [-0.25, -0.2) is 0 Å². The lowest BCUT2D eigenvalue weighted by molar-refractivity contribution is 0.0997. The van der Waals surface area contributed by atoms with Gasteiger partial charge in [0.25, 0.3) is 5.91 Å². The Bertz CT molecular complexity index is 885. The standard InChI is InChI=1S/C18H19BN2O3/c1-19(23)13-5-3-12(4-6-13)11-21-10-9-14-16(21)8-7-15(18(20)22)17(14)24-2/h3-10,23H,11H2,1-2H3,(H2,20,22). The lowest BCUT2D eigenvalue weighted by atomic mass is 9.64. The first-order chi connectivity index (χ1) is 11.5. The summed E-state index contributed by atoms with van der Waals surface area (Å²) in [5.41, 5.74) is 8.76.